The molecule has 1 aromatic heterocycles. The maximum Gasteiger partial charge on any atom is 0.138 e. The topological polar surface area (TPSA) is 37.8 Å². The van der Waals surface area contributed by atoms with Gasteiger partial charge in [-0.2, -0.15) is 11.8 Å². The van der Waals surface area contributed by atoms with Crippen molar-refractivity contribution >= 4 is 11.8 Å². The first-order chi connectivity index (χ1) is 8.04. The molecule has 1 rings (SSSR count). The molecule has 0 aliphatic heterocycles. The smallest absolute Gasteiger partial charge is 0.138 e. The molecule has 0 fully saturated rings. The van der Waals surface area contributed by atoms with Crippen LogP contribution in [0.15, 0.2) is 0 Å². The Morgan fingerprint density at radius 1 is 1.18 bits per heavy atom. The van der Waals surface area contributed by atoms with Crippen LogP contribution in [0, 0.1) is 13.8 Å². The van der Waals surface area contributed by atoms with Gasteiger partial charge in [0.1, 0.15) is 5.82 Å². The average molecular weight is 253 g/mol. The summed E-state index contributed by atoms with van der Waals surface area (Å²) in [6, 6.07) is 0.535. The van der Waals surface area contributed by atoms with Crippen LogP contribution in [-0.2, 0) is 12.2 Å². The third kappa shape index (κ3) is 4.64. The first-order valence-corrected chi connectivity index (χ1v) is 7.49. The summed E-state index contributed by atoms with van der Waals surface area (Å²) in [6.07, 6.45) is 3.09. The molecule has 0 aliphatic rings. The number of thioether (sulfide) groups is 1. The minimum atomic E-state index is 0.535. The number of hydrogen-bond donors (Lipinski definition) is 1. The molecule has 0 atom stereocenters. The van der Waals surface area contributed by atoms with Gasteiger partial charge in [-0.3, -0.25) is 0 Å². The lowest BCUT2D eigenvalue weighted by Gasteiger charge is -2.12. The zero-order valence-corrected chi connectivity index (χ0v) is 12.3. The van der Waals surface area contributed by atoms with E-state index in [-0.39, 0.29) is 0 Å². The standard InChI is InChI=1S/C13H23N3S/c1-9(2)14-7-6-12-10(3)15-13(8-17-5)16-11(12)4/h9,14H,6-8H2,1-5H3. The molecule has 0 unspecified atom stereocenters. The molecule has 1 aromatic rings. The lowest BCUT2D eigenvalue weighted by Crippen LogP contribution is -2.25. The summed E-state index contributed by atoms with van der Waals surface area (Å²) in [5, 5.41) is 3.43. The van der Waals surface area contributed by atoms with Crippen molar-refractivity contribution in [3.05, 3.63) is 22.8 Å². The van der Waals surface area contributed by atoms with E-state index in [9.17, 15) is 0 Å². The highest BCUT2D eigenvalue weighted by atomic mass is 32.2. The van der Waals surface area contributed by atoms with Crippen molar-refractivity contribution in [1.82, 2.24) is 15.3 Å². The van der Waals surface area contributed by atoms with E-state index < -0.39 is 0 Å². The lowest BCUT2D eigenvalue weighted by molar-refractivity contribution is 0.587. The van der Waals surface area contributed by atoms with E-state index in [0.717, 1.165) is 35.9 Å². The van der Waals surface area contributed by atoms with Crippen LogP contribution in [0.5, 0.6) is 0 Å². The van der Waals surface area contributed by atoms with Gasteiger partial charge in [0.2, 0.25) is 0 Å². The van der Waals surface area contributed by atoms with Gasteiger partial charge in [-0.15, -0.1) is 0 Å². The molecule has 0 bridgehead atoms. The number of nitrogens with zero attached hydrogens (tertiary/aromatic N) is 2. The quantitative estimate of drug-likeness (QED) is 0.845. The first kappa shape index (κ1) is 14.5. The summed E-state index contributed by atoms with van der Waals surface area (Å²) in [6.45, 7) is 9.49. The van der Waals surface area contributed by atoms with Crippen molar-refractivity contribution in [1.29, 1.82) is 0 Å². The van der Waals surface area contributed by atoms with Crippen LogP contribution < -0.4 is 5.32 Å². The summed E-state index contributed by atoms with van der Waals surface area (Å²) in [7, 11) is 0. The Morgan fingerprint density at radius 3 is 2.24 bits per heavy atom. The van der Waals surface area contributed by atoms with Gasteiger partial charge in [0.15, 0.2) is 0 Å². The molecule has 0 saturated heterocycles. The Labute approximate surface area is 109 Å². The molecule has 1 N–H and O–H groups in total. The van der Waals surface area contributed by atoms with Gasteiger partial charge in [0.25, 0.3) is 0 Å². The normalized spacial score (nSPS) is 11.2. The highest BCUT2D eigenvalue weighted by molar-refractivity contribution is 7.97. The van der Waals surface area contributed by atoms with Gasteiger partial charge in [-0.25, -0.2) is 9.97 Å². The maximum absolute atomic E-state index is 4.56. The summed E-state index contributed by atoms with van der Waals surface area (Å²) in [5.41, 5.74) is 3.56. The van der Waals surface area contributed by atoms with Gasteiger partial charge in [0, 0.05) is 17.4 Å². The summed E-state index contributed by atoms with van der Waals surface area (Å²) >= 11 is 1.76. The average Bonchev–Trinajstić information content (AvgIpc) is 2.22. The van der Waals surface area contributed by atoms with Gasteiger partial charge in [0.05, 0.1) is 5.75 Å². The Kier molecular flexibility index (Phi) is 5.92. The van der Waals surface area contributed by atoms with Crippen molar-refractivity contribution in [2.45, 2.75) is 45.9 Å². The number of hydrogen-bond acceptors (Lipinski definition) is 4. The molecule has 1 heterocycles. The predicted octanol–water partition coefficient (Wildman–Crippen LogP) is 2.50. The van der Waals surface area contributed by atoms with Crippen molar-refractivity contribution in [2.24, 2.45) is 0 Å². The van der Waals surface area contributed by atoms with E-state index in [0.29, 0.717) is 6.04 Å². The predicted molar refractivity (Wildman–Crippen MR) is 75.6 cm³/mol. The number of aromatic nitrogens is 2. The SMILES string of the molecule is CSCc1nc(C)c(CCNC(C)C)c(C)n1. The van der Waals surface area contributed by atoms with Crippen LogP contribution in [0.1, 0.15) is 36.6 Å². The minimum Gasteiger partial charge on any atom is -0.314 e. The molecule has 17 heavy (non-hydrogen) atoms. The van der Waals surface area contributed by atoms with Gasteiger partial charge in [-0.05, 0) is 38.6 Å². The third-order valence-corrected chi connectivity index (χ3v) is 3.21. The van der Waals surface area contributed by atoms with E-state index >= 15 is 0 Å². The molecule has 0 aromatic carbocycles. The second kappa shape index (κ2) is 6.97. The Hall–Kier alpha value is -0.610. The van der Waals surface area contributed by atoms with Crippen molar-refractivity contribution in [3.63, 3.8) is 0 Å². The van der Waals surface area contributed by atoms with Crippen LogP contribution in [0.3, 0.4) is 0 Å². The largest absolute Gasteiger partial charge is 0.314 e. The third-order valence-electron chi connectivity index (χ3n) is 2.67. The van der Waals surface area contributed by atoms with E-state index in [1.807, 2.05) is 0 Å². The molecule has 0 aliphatic carbocycles. The molecule has 4 heteroatoms. The van der Waals surface area contributed by atoms with Gasteiger partial charge >= 0.3 is 0 Å². The van der Waals surface area contributed by atoms with Gasteiger partial charge in [-0.1, -0.05) is 13.8 Å². The van der Waals surface area contributed by atoms with Crippen LogP contribution in [-0.4, -0.2) is 28.8 Å². The van der Waals surface area contributed by atoms with Crippen molar-refractivity contribution in [3.8, 4) is 0 Å². The molecule has 96 valence electrons. The monoisotopic (exact) mass is 253 g/mol. The number of nitrogens with one attached hydrogen (secondary N) is 1. The van der Waals surface area contributed by atoms with Crippen molar-refractivity contribution < 1.29 is 0 Å². The van der Waals surface area contributed by atoms with Crippen LogP contribution in [0.4, 0.5) is 0 Å². The van der Waals surface area contributed by atoms with Crippen LogP contribution in [0.25, 0.3) is 0 Å². The fourth-order valence-corrected chi connectivity index (χ4v) is 2.24. The first-order valence-electron chi connectivity index (χ1n) is 6.10. The zero-order valence-electron chi connectivity index (χ0n) is 11.5. The molecule has 0 amide bonds. The van der Waals surface area contributed by atoms with Crippen LogP contribution >= 0.6 is 11.8 Å². The molecular formula is C13H23N3S. The molecule has 0 radical (unpaired) electrons. The fraction of sp³-hybridized carbons (Fsp3) is 0.692. The molecule has 0 saturated carbocycles. The van der Waals surface area contributed by atoms with Crippen molar-refractivity contribution in [2.75, 3.05) is 12.8 Å². The van der Waals surface area contributed by atoms with E-state index in [2.05, 4.69) is 49.2 Å². The second-order valence-electron chi connectivity index (χ2n) is 4.58. The Balaban J connectivity index is 2.72. The maximum atomic E-state index is 4.56. The fourth-order valence-electron chi connectivity index (χ4n) is 1.85. The zero-order chi connectivity index (χ0) is 12.8. The minimum absolute atomic E-state index is 0.535. The number of rotatable bonds is 6. The lowest BCUT2D eigenvalue weighted by atomic mass is 10.1. The Bertz CT molecular complexity index is 341. The van der Waals surface area contributed by atoms with E-state index in [4.69, 9.17) is 0 Å². The molecular weight excluding hydrogens is 230 g/mol. The summed E-state index contributed by atoms with van der Waals surface area (Å²) in [4.78, 5) is 9.12. The molecule has 0 spiro atoms. The van der Waals surface area contributed by atoms with Gasteiger partial charge < -0.3 is 5.32 Å². The van der Waals surface area contributed by atoms with E-state index in [1.165, 1.54) is 5.56 Å². The summed E-state index contributed by atoms with van der Waals surface area (Å²) in [5.74, 6) is 1.85. The van der Waals surface area contributed by atoms with E-state index in [1.54, 1.807) is 11.8 Å². The highest BCUT2D eigenvalue weighted by Crippen LogP contribution is 2.13. The second-order valence-corrected chi connectivity index (χ2v) is 5.45. The van der Waals surface area contributed by atoms with Crippen LogP contribution in [0.2, 0.25) is 0 Å². The Morgan fingerprint density at radius 2 is 1.76 bits per heavy atom. The number of aryl methyl sites for hydroxylation is 2. The molecule has 3 nitrogen and oxygen atoms in total. The highest BCUT2D eigenvalue weighted by Gasteiger charge is 2.08. The summed E-state index contributed by atoms with van der Waals surface area (Å²) < 4.78 is 0.